The molecule has 1 aromatic heterocycles. The normalized spacial score (nSPS) is 15.1. The van der Waals surface area contributed by atoms with E-state index >= 15 is 0 Å². The number of hydrogen-bond donors (Lipinski definition) is 1. The monoisotopic (exact) mass is 227 g/mol. The molecule has 0 radical (unpaired) electrons. The number of hydrogen-bond acceptors (Lipinski definition) is 3. The lowest BCUT2D eigenvalue weighted by molar-refractivity contribution is 0.830. The van der Waals surface area contributed by atoms with Gasteiger partial charge in [0.25, 0.3) is 0 Å². The molecule has 17 heavy (non-hydrogen) atoms. The fraction of sp³-hybridized carbons (Fsp3) is 0.357. The maximum atomic E-state index is 5.98. The van der Waals surface area contributed by atoms with Gasteiger partial charge in [0.15, 0.2) is 0 Å². The van der Waals surface area contributed by atoms with Gasteiger partial charge >= 0.3 is 0 Å². The summed E-state index contributed by atoms with van der Waals surface area (Å²) in [4.78, 5) is 6.85. The second-order valence-corrected chi connectivity index (χ2v) is 4.59. The van der Waals surface area contributed by atoms with Crippen molar-refractivity contribution in [1.29, 1.82) is 0 Å². The van der Waals surface area contributed by atoms with E-state index in [1.165, 1.54) is 23.9 Å². The highest BCUT2D eigenvalue weighted by Gasteiger charge is 2.29. The second kappa shape index (κ2) is 3.91. The first-order chi connectivity index (χ1) is 8.31. The molecule has 1 heterocycles. The van der Waals surface area contributed by atoms with Gasteiger partial charge in [-0.3, -0.25) is 4.98 Å². The lowest BCUT2D eigenvalue weighted by Crippen LogP contribution is -2.25. The zero-order valence-corrected chi connectivity index (χ0v) is 10.1. The van der Waals surface area contributed by atoms with Crippen LogP contribution in [0.15, 0.2) is 30.5 Å². The van der Waals surface area contributed by atoms with Crippen molar-refractivity contribution in [2.24, 2.45) is 0 Å². The number of aromatic nitrogens is 1. The van der Waals surface area contributed by atoms with Crippen molar-refractivity contribution in [3.05, 3.63) is 30.5 Å². The van der Waals surface area contributed by atoms with Crippen molar-refractivity contribution < 1.29 is 0 Å². The summed E-state index contributed by atoms with van der Waals surface area (Å²) in [6, 6.07) is 8.90. The summed E-state index contributed by atoms with van der Waals surface area (Å²) in [5, 5.41) is 1.17. The highest BCUT2D eigenvalue weighted by atomic mass is 15.2. The van der Waals surface area contributed by atoms with E-state index in [2.05, 4.69) is 28.9 Å². The minimum absolute atomic E-state index is 0.715. The van der Waals surface area contributed by atoms with Crippen LogP contribution in [-0.2, 0) is 0 Å². The summed E-state index contributed by atoms with van der Waals surface area (Å²) >= 11 is 0. The van der Waals surface area contributed by atoms with Crippen molar-refractivity contribution in [3.63, 3.8) is 0 Å². The Hall–Kier alpha value is -1.77. The Morgan fingerprint density at radius 2 is 2.18 bits per heavy atom. The minimum atomic E-state index is 0.715. The average Bonchev–Trinajstić information content (AvgIpc) is 3.18. The molecule has 3 heteroatoms. The molecular weight excluding hydrogens is 210 g/mol. The Morgan fingerprint density at radius 1 is 1.35 bits per heavy atom. The number of pyridine rings is 1. The van der Waals surface area contributed by atoms with Crippen LogP contribution < -0.4 is 10.6 Å². The van der Waals surface area contributed by atoms with Gasteiger partial charge in [0, 0.05) is 29.9 Å². The lowest BCUT2D eigenvalue weighted by atomic mass is 10.1. The first-order valence-corrected chi connectivity index (χ1v) is 6.21. The Labute approximate surface area is 101 Å². The standard InChI is InChI=1S/C14H17N3/c1-2-17(10-5-6-10)13-8-7-12(15)14-11(13)4-3-9-16-14/h3-4,7-10H,2,5-6,15H2,1H3. The number of anilines is 2. The van der Waals surface area contributed by atoms with Crippen LogP contribution in [0.5, 0.6) is 0 Å². The van der Waals surface area contributed by atoms with E-state index in [9.17, 15) is 0 Å². The Kier molecular flexibility index (Phi) is 2.39. The summed E-state index contributed by atoms with van der Waals surface area (Å²) in [7, 11) is 0. The first-order valence-electron chi connectivity index (χ1n) is 6.21. The summed E-state index contributed by atoms with van der Waals surface area (Å²) < 4.78 is 0. The van der Waals surface area contributed by atoms with Crippen LogP contribution >= 0.6 is 0 Å². The van der Waals surface area contributed by atoms with Gasteiger partial charge in [0.05, 0.1) is 11.2 Å². The van der Waals surface area contributed by atoms with Crippen LogP contribution in [0.2, 0.25) is 0 Å². The lowest BCUT2D eigenvalue weighted by Gasteiger charge is -2.24. The predicted molar refractivity (Wildman–Crippen MR) is 72.2 cm³/mol. The molecule has 1 aliphatic rings. The van der Waals surface area contributed by atoms with Crippen molar-refractivity contribution >= 4 is 22.3 Å². The highest BCUT2D eigenvalue weighted by Crippen LogP contribution is 2.36. The molecule has 1 saturated carbocycles. The molecular formula is C14H17N3. The SMILES string of the molecule is CCN(c1ccc(N)c2ncccc12)C1CC1. The second-order valence-electron chi connectivity index (χ2n) is 4.59. The summed E-state index contributed by atoms with van der Waals surface area (Å²) in [5.41, 5.74) is 8.93. The molecule has 88 valence electrons. The van der Waals surface area contributed by atoms with Crippen LogP contribution in [0.25, 0.3) is 10.9 Å². The van der Waals surface area contributed by atoms with Gasteiger partial charge in [-0.15, -0.1) is 0 Å². The smallest absolute Gasteiger partial charge is 0.0951 e. The van der Waals surface area contributed by atoms with Gasteiger partial charge in [-0.2, -0.15) is 0 Å². The molecule has 1 fully saturated rings. The molecule has 3 rings (SSSR count). The van der Waals surface area contributed by atoms with Gasteiger partial charge in [0.2, 0.25) is 0 Å². The molecule has 0 aliphatic heterocycles. The van der Waals surface area contributed by atoms with Gasteiger partial charge in [-0.25, -0.2) is 0 Å². The summed E-state index contributed by atoms with van der Waals surface area (Å²) in [5.74, 6) is 0. The quantitative estimate of drug-likeness (QED) is 0.820. The number of fused-ring (bicyclic) bond motifs is 1. The third kappa shape index (κ3) is 1.71. The number of nitrogens with two attached hydrogens (primary N) is 1. The average molecular weight is 227 g/mol. The predicted octanol–water partition coefficient (Wildman–Crippen LogP) is 2.81. The van der Waals surface area contributed by atoms with E-state index in [1.807, 2.05) is 12.1 Å². The van der Waals surface area contributed by atoms with E-state index in [1.54, 1.807) is 6.20 Å². The van der Waals surface area contributed by atoms with Crippen LogP contribution in [0.4, 0.5) is 11.4 Å². The zero-order chi connectivity index (χ0) is 11.8. The van der Waals surface area contributed by atoms with Crippen molar-refractivity contribution in [2.45, 2.75) is 25.8 Å². The maximum Gasteiger partial charge on any atom is 0.0951 e. The largest absolute Gasteiger partial charge is 0.397 e. The van der Waals surface area contributed by atoms with Gasteiger partial charge in [-0.1, -0.05) is 0 Å². The van der Waals surface area contributed by atoms with E-state index in [4.69, 9.17) is 5.73 Å². The topological polar surface area (TPSA) is 42.1 Å². The number of rotatable bonds is 3. The molecule has 2 aromatic rings. The summed E-state index contributed by atoms with van der Waals surface area (Å²) in [6.45, 7) is 3.25. The number of nitrogens with zero attached hydrogens (tertiary/aromatic N) is 2. The molecule has 0 spiro atoms. The minimum Gasteiger partial charge on any atom is -0.397 e. The molecule has 0 amide bonds. The van der Waals surface area contributed by atoms with E-state index in [-0.39, 0.29) is 0 Å². The fourth-order valence-electron chi connectivity index (χ4n) is 2.44. The molecule has 1 aromatic carbocycles. The van der Waals surface area contributed by atoms with Crippen LogP contribution in [-0.4, -0.2) is 17.6 Å². The summed E-state index contributed by atoms with van der Waals surface area (Å²) in [6.07, 6.45) is 4.41. The van der Waals surface area contributed by atoms with Gasteiger partial charge in [0.1, 0.15) is 0 Å². The Bertz CT molecular complexity index is 546. The van der Waals surface area contributed by atoms with Gasteiger partial charge in [-0.05, 0) is 44.0 Å². The Morgan fingerprint density at radius 3 is 2.88 bits per heavy atom. The highest BCUT2D eigenvalue weighted by molar-refractivity contribution is 5.98. The third-order valence-corrected chi connectivity index (χ3v) is 3.42. The zero-order valence-electron chi connectivity index (χ0n) is 10.1. The van der Waals surface area contributed by atoms with Crippen LogP contribution in [0.3, 0.4) is 0 Å². The van der Waals surface area contributed by atoms with Crippen molar-refractivity contribution in [3.8, 4) is 0 Å². The third-order valence-electron chi connectivity index (χ3n) is 3.42. The van der Waals surface area contributed by atoms with Crippen LogP contribution in [0, 0.1) is 0 Å². The van der Waals surface area contributed by atoms with E-state index in [0.29, 0.717) is 6.04 Å². The molecule has 3 nitrogen and oxygen atoms in total. The number of nitrogen functional groups attached to an aromatic ring is 1. The molecule has 0 saturated heterocycles. The van der Waals surface area contributed by atoms with Crippen molar-refractivity contribution in [2.75, 3.05) is 17.2 Å². The first kappa shape index (κ1) is 10.4. The van der Waals surface area contributed by atoms with Crippen LogP contribution in [0.1, 0.15) is 19.8 Å². The molecule has 0 bridgehead atoms. The number of benzene rings is 1. The fourth-order valence-corrected chi connectivity index (χ4v) is 2.44. The molecule has 1 aliphatic carbocycles. The van der Waals surface area contributed by atoms with Crippen molar-refractivity contribution in [1.82, 2.24) is 4.98 Å². The molecule has 0 unspecified atom stereocenters. The molecule has 0 atom stereocenters. The maximum absolute atomic E-state index is 5.98. The van der Waals surface area contributed by atoms with Gasteiger partial charge < -0.3 is 10.6 Å². The van der Waals surface area contributed by atoms with E-state index in [0.717, 1.165) is 17.7 Å². The Balaban J connectivity index is 2.18. The molecule has 2 N–H and O–H groups in total. The van der Waals surface area contributed by atoms with E-state index < -0.39 is 0 Å².